The first-order valence-electron chi connectivity index (χ1n) is 11.8. The number of amidine groups is 1. The molecule has 1 aromatic carbocycles. The summed E-state index contributed by atoms with van der Waals surface area (Å²) < 4.78 is 12.0. The summed E-state index contributed by atoms with van der Waals surface area (Å²) in [6.07, 6.45) is 8.06. The highest BCUT2D eigenvalue weighted by molar-refractivity contribution is 6.41. The fourth-order valence-corrected chi connectivity index (χ4v) is 7.03. The number of ether oxygens (including phenoxy) is 2. The molecule has 0 radical (unpaired) electrons. The zero-order chi connectivity index (χ0) is 23.4. The fraction of sp³-hybridized carbons (Fsp3) is 0.462. The van der Waals surface area contributed by atoms with Crippen molar-refractivity contribution < 1.29 is 9.47 Å². The molecule has 168 valence electrons. The van der Waals surface area contributed by atoms with Crippen LogP contribution in [0.3, 0.4) is 0 Å². The zero-order valence-electron chi connectivity index (χ0n) is 20.2. The first kappa shape index (κ1) is 22.1. The van der Waals surface area contributed by atoms with E-state index in [9.17, 15) is 0 Å². The minimum Gasteiger partial charge on any atom is -0.475 e. The van der Waals surface area contributed by atoms with Gasteiger partial charge in [0.25, 0.3) is 6.02 Å². The Kier molecular flexibility index (Phi) is 5.14. The van der Waals surface area contributed by atoms with Crippen molar-refractivity contribution >= 4 is 21.7 Å². The number of aromatic nitrogens is 1. The van der Waals surface area contributed by atoms with Gasteiger partial charge in [0.15, 0.2) is 15.7 Å². The topological polar surface area (TPSA) is 69.7 Å². The van der Waals surface area contributed by atoms with Gasteiger partial charge in [-0.25, -0.2) is 4.99 Å². The first-order chi connectivity index (χ1) is 15.7. The van der Waals surface area contributed by atoms with Crippen LogP contribution in [0.4, 0.5) is 0 Å². The summed E-state index contributed by atoms with van der Waals surface area (Å²) in [5.41, 5.74) is 11.4. The number of hydrogen-bond acceptors (Lipinski definition) is 5. The molecule has 2 aromatic rings. The summed E-state index contributed by atoms with van der Waals surface area (Å²) in [4.78, 5) is 9.58. The SMILES string of the molecule is BC1(B)OC(N)=N[C@]12c1cc(-c3cncc(C#CC)c3)ccc1C[C@]21CC[C@@H](OC)[C@H](C)C1. The predicted molar refractivity (Wildman–Crippen MR) is 136 cm³/mol. The van der Waals surface area contributed by atoms with Crippen LogP contribution in [-0.4, -0.2) is 45.3 Å². The second kappa shape index (κ2) is 7.67. The second-order valence-electron chi connectivity index (χ2n) is 10.4. The number of pyridine rings is 1. The lowest BCUT2D eigenvalue weighted by Gasteiger charge is -2.53. The Hall–Kier alpha value is -2.71. The van der Waals surface area contributed by atoms with Crippen molar-refractivity contribution in [3.8, 4) is 23.0 Å². The molecule has 7 heteroatoms. The summed E-state index contributed by atoms with van der Waals surface area (Å²) in [6, 6.07) is 9.16. The van der Waals surface area contributed by atoms with Crippen molar-refractivity contribution in [3.63, 3.8) is 0 Å². The maximum Gasteiger partial charge on any atom is 0.282 e. The van der Waals surface area contributed by atoms with Crippen LogP contribution in [-0.2, 0) is 21.4 Å². The van der Waals surface area contributed by atoms with E-state index in [4.69, 9.17) is 20.2 Å². The van der Waals surface area contributed by atoms with Gasteiger partial charge in [-0.05, 0) is 67.3 Å². The fourth-order valence-electron chi connectivity index (χ4n) is 7.03. The van der Waals surface area contributed by atoms with Crippen LogP contribution in [0.15, 0.2) is 41.7 Å². The standard InChI is InChI=1S/C26H31B2N3O2/c1-4-5-17-10-20(15-30-14-17)18-6-7-19-13-24(9-8-22(32-3)16(2)12-24)25(21(19)11-18)26(27,28)33-23(29)31-25/h6-7,10-11,14-16,22H,8-9,12-13,27-28H2,1-3H3,(H2,29,31)/t16-,22-,24-,25+/m1/s1. The molecule has 2 spiro atoms. The van der Waals surface area contributed by atoms with Crippen LogP contribution in [0, 0.1) is 23.2 Å². The summed E-state index contributed by atoms with van der Waals surface area (Å²) in [6.45, 7) is 4.15. The maximum absolute atomic E-state index is 6.28. The summed E-state index contributed by atoms with van der Waals surface area (Å²) in [5.74, 6) is 6.52. The molecule has 1 aromatic heterocycles. The zero-order valence-corrected chi connectivity index (χ0v) is 20.2. The third-order valence-electron chi connectivity index (χ3n) is 8.20. The van der Waals surface area contributed by atoms with Crippen molar-refractivity contribution in [3.05, 3.63) is 53.3 Å². The van der Waals surface area contributed by atoms with Crippen LogP contribution in [0.2, 0.25) is 0 Å². The van der Waals surface area contributed by atoms with Gasteiger partial charge in [0, 0.05) is 36.0 Å². The molecule has 0 saturated heterocycles. The number of aliphatic imine (C=N–C) groups is 1. The lowest BCUT2D eigenvalue weighted by atomic mass is 9.44. The first-order valence-corrected chi connectivity index (χ1v) is 11.8. The molecule has 3 aliphatic rings. The Labute approximate surface area is 198 Å². The molecule has 2 N–H and O–H groups in total. The van der Waals surface area contributed by atoms with Crippen LogP contribution in [0.25, 0.3) is 11.1 Å². The Balaban J connectivity index is 1.68. The Bertz CT molecular complexity index is 1200. The van der Waals surface area contributed by atoms with E-state index in [2.05, 4.69) is 63.7 Å². The average Bonchev–Trinajstić information content (AvgIpc) is 3.18. The van der Waals surface area contributed by atoms with E-state index in [0.29, 0.717) is 11.9 Å². The average molecular weight is 439 g/mol. The molecule has 2 aliphatic carbocycles. The van der Waals surface area contributed by atoms with E-state index in [1.165, 1.54) is 11.1 Å². The number of hydrogen-bond donors (Lipinski definition) is 1. The molecule has 33 heavy (non-hydrogen) atoms. The molecule has 1 saturated carbocycles. The normalized spacial score (nSPS) is 31.5. The Morgan fingerprint density at radius 3 is 2.70 bits per heavy atom. The van der Waals surface area contributed by atoms with Crippen molar-refractivity contribution in [2.45, 2.75) is 56.6 Å². The van der Waals surface area contributed by atoms with E-state index in [1.54, 1.807) is 6.20 Å². The molecule has 0 unspecified atom stereocenters. The van der Waals surface area contributed by atoms with E-state index in [-0.39, 0.29) is 11.5 Å². The number of methoxy groups -OCH3 is 1. The molecule has 4 atom stereocenters. The van der Waals surface area contributed by atoms with Gasteiger partial charge in [-0.15, -0.1) is 5.92 Å². The van der Waals surface area contributed by atoms with Crippen molar-refractivity contribution in [1.29, 1.82) is 0 Å². The maximum atomic E-state index is 6.28. The largest absolute Gasteiger partial charge is 0.475 e. The van der Waals surface area contributed by atoms with Crippen LogP contribution >= 0.6 is 0 Å². The number of fused-ring (bicyclic) bond motifs is 3. The lowest BCUT2D eigenvalue weighted by Crippen LogP contribution is -2.60. The smallest absolute Gasteiger partial charge is 0.282 e. The highest BCUT2D eigenvalue weighted by Crippen LogP contribution is 2.65. The molecule has 1 aliphatic heterocycles. The third-order valence-corrected chi connectivity index (χ3v) is 8.20. The highest BCUT2D eigenvalue weighted by atomic mass is 16.5. The summed E-state index contributed by atoms with van der Waals surface area (Å²) in [7, 11) is 6.12. The van der Waals surface area contributed by atoms with Gasteiger partial charge in [0.1, 0.15) is 5.54 Å². The molecule has 5 nitrogen and oxygen atoms in total. The number of nitrogens with zero attached hydrogens (tertiary/aromatic N) is 2. The number of nitrogens with two attached hydrogens (primary N) is 1. The second-order valence-corrected chi connectivity index (χ2v) is 10.4. The van der Waals surface area contributed by atoms with E-state index < -0.39 is 10.9 Å². The summed E-state index contributed by atoms with van der Waals surface area (Å²) >= 11 is 0. The number of rotatable bonds is 2. The van der Waals surface area contributed by atoms with Crippen molar-refractivity contribution in [2.75, 3.05) is 7.11 Å². The summed E-state index contributed by atoms with van der Waals surface area (Å²) in [5, 5.41) is -0.547. The van der Waals surface area contributed by atoms with Gasteiger partial charge in [-0.3, -0.25) is 4.98 Å². The minimum absolute atomic E-state index is 0.0548. The van der Waals surface area contributed by atoms with Gasteiger partial charge >= 0.3 is 0 Å². The highest BCUT2D eigenvalue weighted by Gasteiger charge is 2.68. The van der Waals surface area contributed by atoms with Gasteiger partial charge in [0.05, 0.1) is 11.5 Å². The van der Waals surface area contributed by atoms with E-state index >= 15 is 0 Å². The molecule has 0 bridgehead atoms. The quantitative estimate of drug-likeness (QED) is 0.574. The van der Waals surface area contributed by atoms with Gasteiger partial charge < -0.3 is 15.2 Å². The van der Waals surface area contributed by atoms with E-state index in [1.807, 2.05) is 20.2 Å². The molecule has 0 amide bonds. The molecule has 1 fully saturated rings. The van der Waals surface area contributed by atoms with Crippen LogP contribution < -0.4 is 5.73 Å². The van der Waals surface area contributed by atoms with Gasteiger partial charge in [0.2, 0.25) is 0 Å². The monoisotopic (exact) mass is 439 g/mol. The minimum atomic E-state index is -0.547. The van der Waals surface area contributed by atoms with Crippen LogP contribution in [0.5, 0.6) is 0 Å². The van der Waals surface area contributed by atoms with Crippen molar-refractivity contribution in [1.82, 2.24) is 4.98 Å². The Morgan fingerprint density at radius 2 is 2.03 bits per heavy atom. The third kappa shape index (κ3) is 3.14. The van der Waals surface area contributed by atoms with Gasteiger partial charge in [-0.2, -0.15) is 0 Å². The predicted octanol–water partition coefficient (Wildman–Crippen LogP) is 1.96. The molecule has 2 heterocycles. The van der Waals surface area contributed by atoms with Crippen LogP contribution in [0.1, 0.15) is 49.8 Å². The Morgan fingerprint density at radius 1 is 1.21 bits per heavy atom. The van der Waals surface area contributed by atoms with E-state index in [0.717, 1.165) is 42.4 Å². The molecule has 5 rings (SSSR count). The molecular weight excluding hydrogens is 408 g/mol. The number of benzene rings is 1. The van der Waals surface area contributed by atoms with Gasteiger partial charge in [-0.1, -0.05) is 25.0 Å². The molecular formula is C26H31B2N3O2. The van der Waals surface area contributed by atoms with Crippen molar-refractivity contribution in [2.24, 2.45) is 22.1 Å². The lowest BCUT2D eigenvalue weighted by molar-refractivity contribution is -0.0559.